The first-order chi connectivity index (χ1) is 17.4. The van der Waals surface area contributed by atoms with E-state index in [-0.39, 0.29) is 22.5 Å². The zero-order valence-corrected chi connectivity index (χ0v) is 20.1. The molecule has 2 aromatic carbocycles. The van der Waals surface area contributed by atoms with Crippen LogP contribution in [0.3, 0.4) is 0 Å². The molecule has 1 aliphatic rings. The Balaban J connectivity index is 1.91. The van der Waals surface area contributed by atoms with Crippen LogP contribution < -0.4 is 15.8 Å². The van der Waals surface area contributed by atoms with Gasteiger partial charge in [-0.3, -0.25) is 14.5 Å². The first-order valence-electron chi connectivity index (χ1n) is 11.1. The number of hydrogen-bond donors (Lipinski definition) is 1. The summed E-state index contributed by atoms with van der Waals surface area (Å²) in [4.78, 5) is 39.1. The second kappa shape index (κ2) is 9.43. The van der Waals surface area contributed by atoms with Gasteiger partial charge in [0.2, 0.25) is 5.56 Å². The Morgan fingerprint density at radius 1 is 1.08 bits per heavy atom. The monoisotopic (exact) mass is 506 g/mol. The van der Waals surface area contributed by atoms with E-state index in [1.54, 1.807) is 37.5 Å². The highest BCUT2D eigenvalue weighted by Gasteiger charge is 2.37. The Bertz CT molecular complexity index is 1560. The molecule has 0 saturated carbocycles. The molecule has 2 amide bonds. The van der Waals surface area contributed by atoms with Gasteiger partial charge in [0.05, 0.1) is 28.9 Å². The number of nitrogens with one attached hydrogen (secondary N) is 1. The standard InChI is InChI=1S/C27H21F3N4O3/c1-15-24(16(2)35)25(32-26(37)34(15)20-6-4-5-19(12-20)27(28,29)30)21-9-7-17(13-31)11-22(21)18-8-10-23(36)33(3)14-18/h4-12,14,25H,1-3H3,(H,32,37). The van der Waals surface area contributed by atoms with E-state index in [1.165, 1.54) is 36.6 Å². The van der Waals surface area contributed by atoms with Crippen LogP contribution in [0.5, 0.6) is 0 Å². The second-order valence-corrected chi connectivity index (χ2v) is 8.60. The van der Waals surface area contributed by atoms with Gasteiger partial charge >= 0.3 is 12.2 Å². The number of Topliss-reactive ketones (excluding diaryl/α,β-unsaturated/α-hetero) is 1. The van der Waals surface area contributed by atoms with E-state index in [9.17, 15) is 32.8 Å². The molecular formula is C27H21F3N4O3. The van der Waals surface area contributed by atoms with Crippen LogP contribution in [0.25, 0.3) is 11.1 Å². The molecule has 1 atom stereocenters. The van der Waals surface area contributed by atoms with Gasteiger partial charge in [0.1, 0.15) is 0 Å². The fourth-order valence-corrected chi connectivity index (χ4v) is 4.45. The highest BCUT2D eigenvalue weighted by atomic mass is 19.4. The lowest BCUT2D eigenvalue weighted by Gasteiger charge is -2.36. The predicted molar refractivity (Wildman–Crippen MR) is 130 cm³/mol. The first kappa shape index (κ1) is 25.4. The van der Waals surface area contributed by atoms with Crippen LogP contribution in [-0.4, -0.2) is 16.4 Å². The van der Waals surface area contributed by atoms with E-state index in [0.29, 0.717) is 22.3 Å². The van der Waals surface area contributed by atoms with Crippen LogP contribution in [-0.2, 0) is 18.0 Å². The number of carbonyl (C=O) groups excluding carboxylic acids is 2. The third kappa shape index (κ3) is 4.76. The molecule has 0 saturated heterocycles. The molecule has 0 aliphatic carbocycles. The van der Waals surface area contributed by atoms with Crippen molar-refractivity contribution < 1.29 is 22.8 Å². The van der Waals surface area contributed by atoms with Gasteiger partial charge in [0, 0.05) is 30.6 Å². The highest BCUT2D eigenvalue weighted by Crippen LogP contribution is 2.39. The number of nitriles is 1. The number of anilines is 1. The van der Waals surface area contributed by atoms with E-state index >= 15 is 0 Å². The molecule has 0 fully saturated rings. The molecule has 1 aliphatic heterocycles. The summed E-state index contributed by atoms with van der Waals surface area (Å²) in [6, 6.07) is 12.4. The fraction of sp³-hybridized carbons (Fsp3) is 0.185. The van der Waals surface area contributed by atoms with Gasteiger partial charge in [0.15, 0.2) is 5.78 Å². The summed E-state index contributed by atoms with van der Waals surface area (Å²) >= 11 is 0. The van der Waals surface area contributed by atoms with E-state index in [4.69, 9.17) is 0 Å². The lowest BCUT2D eigenvalue weighted by atomic mass is 9.86. The molecule has 0 spiro atoms. The Morgan fingerprint density at radius 2 is 1.81 bits per heavy atom. The van der Waals surface area contributed by atoms with Gasteiger partial charge in [-0.1, -0.05) is 12.1 Å². The van der Waals surface area contributed by atoms with E-state index in [1.807, 2.05) is 0 Å². The lowest BCUT2D eigenvalue weighted by molar-refractivity contribution is -0.137. The van der Waals surface area contributed by atoms with Crippen molar-refractivity contribution in [2.75, 3.05) is 4.90 Å². The number of carbonyl (C=O) groups is 2. The van der Waals surface area contributed by atoms with Crippen LogP contribution in [0.4, 0.5) is 23.7 Å². The minimum absolute atomic E-state index is 0.0415. The van der Waals surface area contributed by atoms with Crippen molar-refractivity contribution in [3.63, 3.8) is 0 Å². The number of amides is 2. The number of nitrogens with zero attached hydrogens (tertiary/aromatic N) is 3. The van der Waals surface area contributed by atoms with Gasteiger partial charge in [-0.25, -0.2) is 4.79 Å². The first-order valence-corrected chi connectivity index (χ1v) is 11.1. The van der Waals surface area contributed by atoms with E-state index in [2.05, 4.69) is 11.4 Å². The predicted octanol–water partition coefficient (Wildman–Crippen LogP) is 5.08. The number of ketones is 1. The van der Waals surface area contributed by atoms with Crippen molar-refractivity contribution in [2.24, 2.45) is 7.05 Å². The molecule has 2 heterocycles. The molecule has 37 heavy (non-hydrogen) atoms. The van der Waals surface area contributed by atoms with Gasteiger partial charge in [0.25, 0.3) is 0 Å². The van der Waals surface area contributed by atoms with Crippen molar-refractivity contribution in [3.8, 4) is 17.2 Å². The topological polar surface area (TPSA) is 95.2 Å². The number of allylic oxidation sites excluding steroid dienone is 1. The summed E-state index contributed by atoms with van der Waals surface area (Å²) in [7, 11) is 1.57. The Hall–Kier alpha value is -4.65. The van der Waals surface area contributed by atoms with E-state index in [0.717, 1.165) is 17.0 Å². The van der Waals surface area contributed by atoms with Crippen molar-refractivity contribution in [2.45, 2.75) is 26.1 Å². The molecule has 4 rings (SSSR count). The third-order valence-corrected chi connectivity index (χ3v) is 6.19. The maximum atomic E-state index is 13.3. The third-order valence-electron chi connectivity index (χ3n) is 6.19. The summed E-state index contributed by atoms with van der Waals surface area (Å²) in [5.74, 6) is -0.393. The molecule has 1 N–H and O–H groups in total. The smallest absolute Gasteiger partial charge is 0.326 e. The zero-order chi connectivity index (χ0) is 27.1. The number of benzene rings is 2. The average Bonchev–Trinajstić information content (AvgIpc) is 2.84. The van der Waals surface area contributed by atoms with Gasteiger partial charge in [-0.2, -0.15) is 18.4 Å². The summed E-state index contributed by atoms with van der Waals surface area (Å²) < 4.78 is 41.3. The number of halogens is 3. The molecule has 1 aromatic heterocycles. The number of urea groups is 1. The van der Waals surface area contributed by atoms with Crippen molar-refractivity contribution in [1.82, 2.24) is 9.88 Å². The maximum Gasteiger partial charge on any atom is 0.416 e. The van der Waals surface area contributed by atoms with Crippen LogP contribution in [0.1, 0.15) is 36.6 Å². The molecule has 188 valence electrons. The van der Waals surface area contributed by atoms with E-state index < -0.39 is 29.6 Å². The number of aryl methyl sites for hydroxylation is 1. The highest BCUT2D eigenvalue weighted by molar-refractivity contribution is 6.05. The Labute approximate surface area is 210 Å². The number of rotatable bonds is 4. The van der Waals surface area contributed by atoms with Crippen LogP contribution in [0.2, 0.25) is 0 Å². The summed E-state index contributed by atoms with van der Waals surface area (Å²) in [5.41, 5.74) is 1.03. The Morgan fingerprint density at radius 3 is 2.43 bits per heavy atom. The normalized spacial score (nSPS) is 15.9. The molecule has 1 unspecified atom stereocenters. The van der Waals surface area contributed by atoms with Crippen molar-refractivity contribution in [1.29, 1.82) is 5.26 Å². The average molecular weight is 506 g/mol. The number of alkyl halides is 3. The zero-order valence-electron chi connectivity index (χ0n) is 20.1. The van der Waals surface area contributed by atoms with Gasteiger partial charge < -0.3 is 9.88 Å². The maximum absolute atomic E-state index is 13.3. The van der Waals surface area contributed by atoms with Crippen molar-refractivity contribution >= 4 is 17.5 Å². The van der Waals surface area contributed by atoms with Gasteiger partial charge in [-0.05, 0) is 66.9 Å². The summed E-state index contributed by atoms with van der Waals surface area (Å²) in [6.07, 6.45) is -3.04. The van der Waals surface area contributed by atoms with Crippen LogP contribution in [0.15, 0.2) is 76.9 Å². The van der Waals surface area contributed by atoms with Crippen molar-refractivity contribution in [3.05, 3.63) is 99.1 Å². The SMILES string of the molecule is CC(=O)C1=C(C)N(c2cccc(C(F)(F)F)c2)C(=O)NC1c1ccc(C#N)cc1-c1ccc(=O)n(C)c1. The molecule has 7 nitrogen and oxygen atoms in total. The lowest BCUT2D eigenvalue weighted by Crippen LogP contribution is -2.48. The number of pyridine rings is 1. The minimum Gasteiger partial charge on any atom is -0.326 e. The molecule has 0 bridgehead atoms. The largest absolute Gasteiger partial charge is 0.416 e. The summed E-state index contributed by atoms with van der Waals surface area (Å²) in [5, 5.41) is 12.2. The fourth-order valence-electron chi connectivity index (χ4n) is 4.45. The minimum atomic E-state index is -4.61. The molecular weight excluding hydrogens is 485 g/mol. The van der Waals surface area contributed by atoms with Crippen LogP contribution in [0, 0.1) is 11.3 Å². The quantitative estimate of drug-likeness (QED) is 0.534. The second-order valence-electron chi connectivity index (χ2n) is 8.60. The summed E-state index contributed by atoms with van der Waals surface area (Å²) in [6.45, 7) is 2.81. The molecule has 3 aromatic rings. The molecule has 0 radical (unpaired) electrons. The van der Waals surface area contributed by atoms with Crippen LogP contribution >= 0.6 is 0 Å². The van der Waals surface area contributed by atoms with Gasteiger partial charge in [-0.15, -0.1) is 0 Å². The Kier molecular flexibility index (Phi) is 6.48. The number of aromatic nitrogens is 1. The molecule has 10 heteroatoms. The number of hydrogen-bond acceptors (Lipinski definition) is 4.